The second-order valence-electron chi connectivity index (χ2n) is 4.32. The topological polar surface area (TPSA) is 43.6 Å². The lowest BCUT2D eigenvalue weighted by atomic mass is 10.2. The van der Waals surface area contributed by atoms with E-state index in [1.165, 1.54) is 0 Å². The average molecular weight is 251 g/mol. The molecule has 0 aliphatic heterocycles. The maximum atomic E-state index is 6.15. The van der Waals surface area contributed by atoms with Crippen LogP contribution in [0.25, 0.3) is 5.82 Å². The molecule has 0 amide bonds. The lowest BCUT2D eigenvalue weighted by Gasteiger charge is -2.12. The second-order valence-corrected chi connectivity index (χ2v) is 4.68. The number of hydrogen-bond acceptors (Lipinski definition) is 3. The Hall–Kier alpha value is -1.42. The summed E-state index contributed by atoms with van der Waals surface area (Å²) in [5.74, 6) is 2.70. The molecule has 17 heavy (non-hydrogen) atoms. The molecule has 0 spiro atoms. The Labute approximate surface area is 106 Å². The molecule has 0 aliphatic rings. The summed E-state index contributed by atoms with van der Waals surface area (Å²) in [6, 6.07) is 0. The van der Waals surface area contributed by atoms with Gasteiger partial charge in [0.15, 0.2) is 0 Å². The van der Waals surface area contributed by atoms with Crippen molar-refractivity contribution in [2.75, 3.05) is 0 Å². The maximum Gasteiger partial charge on any atom is 0.146 e. The first-order valence-electron chi connectivity index (χ1n) is 5.55. The van der Waals surface area contributed by atoms with Gasteiger partial charge < -0.3 is 0 Å². The molecule has 0 radical (unpaired) electrons. The molecule has 2 aromatic heterocycles. The Bertz CT molecular complexity index is 545. The molecule has 5 heteroatoms. The fourth-order valence-electron chi connectivity index (χ4n) is 1.59. The number of imidazole rings is 1. The molecule has 2 heterocycles. The van der Waals surface area contributed by atoms with Crippen molar-refractivity contribution in [3.63, 3.8) is 0 Å². The number of hydrogen-bond donors (Lipinski definition) is 0. The van der Waals surface area contributed by atoms with E-state index < -0.39 is 0 Å². The minimum atomic E-state index is 0.246. The van der Waals surface area contributed by atoms with Gasteiger partial charge in [0.05, 0.1) is 0 Å². The molecule has 2 rings (SSSR count). The second kappa shape index (κ2) is 4.45. The summed E-state index contributed by atoms with van der Waals surface area (Å²) in [6.45, 7) is 7.95. The number of aromatic nitrogens is 4. The third-order valence-electron chi connectivity index (χ3n) is 2.65. The molecule has 2 aromatic rings. The first kappa shape index (κ1) is 12.0. The molecule has 90 valence electrons. The van der Waals surface area contributed by atoms with E-state index in [1.807, 2.05) is 38.5 Å². The van der Waals surface area contributed by atoms with Gasteiger partial charge in [-0.1, -0.05) is 25.4 Å². The SMILES string of the molecule is Cc1c(Cl)nc(C(C)C)nc1-n1ccnc1C. The lowest BCUT2D eigenvalue weighted by Crippen LogP contribution is -2.08. The van der Waals surface area contributed by atoms with E-state index in [0.29, 0.717) is 5.15 Å². The van der Waals surface area contributed by atoms with E-state index in [1.54, 1.807) is 6.20 Å². The first-order chi connectivity index (χ1) is 8.00. The van der Waals surface area contributed by atoms with E-state index in [2.05, 4.69) is 15.0 Å². The Morgan fingerprint density at radius 2 is 1.94 bits per heavy atom. The summed E-state index contributed by atoms with van der Waals surface area (Å²) in [6.07, 6.45) is 3.63. The highest BCUT2D eigenvalue weighted by Crippen LogP contribution is 2.22. The van der Waals surface area contributed by atoms with Gasteiger partial charge in [0.25, 0.3) is 0 Å². The van der Waals surface area contributed by atoms with Crippen LogP contribution in [0.4, 0.5) is 0 Å². The van der Waals surface area contributed by atoms with Gasteiger partial charge in [-0.3, -0.25) is 4.57 Å². The minimum Gasteiger partial charge on any atom is -0.288 e. The predicted molar refractivity (Wildman–Crippen MR) is 67.7 cm³/mol. The standard InChI is InChI=1S/C12H15ClN4/c1-7(2)11-15-10(13)8(3)12(16-11)17-6-5-14-9(17)4/h5-7H,1-4H3. The summed E-state index contributed by atoms with van der Waals surface area (Å²) < 4.78 is 1.93. The van der Waals surface area contributed by atoms with Crippen molar-refractivity contribution in [1.82, 2.24) is 19.5 Å². The van der Waals surface area contributed by atoms with Crippen molar-refractivity contribution in [3.8, 4) is 5.82 Å². The molecule has 0 N–H and O–H groups in total. The van der Waals surface area contributed by atoms with E-state index in [9.17, 15) is 0 Å². The summed E-state index contributed by atoms with van der Waals surface area (Å²) in [4.78, 5) is 13.1. The number of aryl methyl sites for hydroxylation is 1. The molecule has 0 fully saturated rings. The monoisotopic (exact) mass is 250 g/mol. The van der Waals surface area contributed by atoms with E-state index in [4.69, 9.17) is 11.6 Å². The van der Waals surface area contributed by atoms with E-state index >= 15 is 0 Å². The first-order valence-corrected chi connectivity index (χ1v) is 5.93. The van der Waals surface area contributed by atoms with Crippen molar-refractivity contribution in [1.29, 1.82) is 0 Å². The van der Waals surface area contributed by atoms with Gasteiger partial charge >= 0.3 is 0 Å². The number of rotatable bonds is 2. The highest BCUT2D eigenvalue weighted by molar-refractivity contribution is 6.30. The third kappa shape index (κ3) is 2.17. The zero-order chi connectivity index (χ0) is 12.6. The summed E-state index contributed by atoms with van der Waals surface area (Å²) in [7, 11) is 0. The van der Waals surface area contributed by atoms with Crippen molar-refractivity contribution in [2.45, 2.75) is 33.6 Å². The van der Waals surface area contributed by atoms with Crippen LogP contribution >= 0.6 is 11.6 Å². The Balaban J connectivity index is 2.65. The summed E-state index contributed by atoms with van der Waals surface area (Å²) >= 11 is 6.15. The van der Waals surface area contributed by atoms with Gasteiger partial charge in [-0.15, -0.1) is 0 Å². The van der Waals surface area contributed by atoms with Crippen molar-refractivity contribution in [3.05, 3.63) is 34.8 Å². The van der Waals surface area contributed by atoms with E-state index in [0.717, 1.165) is 23.0 Å². The quantitative estimate of drug-likeness (QED) is 0.770. The average Bonchev–Trinajstić information content (AvgIpc) is 2.68. The zero-order valence-corrected chi connectivity index (χ0v) is 11.2. The minimum absolute atomic E-state index is 0.246. The van der Waals surface area contributed by atoms with Crippen LogP contribution < -0.4 is 0 Å². The van der Waals surface area contributed by atoms with Crippen LogP contribution in [0, 0.1) is 13.8 Å². The number of halogens is 1. The molecular weight excluding hydrogens is 236 g/mol. The zero-order valence-electron chi connectivity index (χ0n) is 10.4. The van der Waals surface area contributed by atoms with E-state index in [-0.39, 0.29) is 5.92 Å². The summed E-state index contributed by atoms with van der Waals surface area (Å²) in [5.41, 5.74) is 0.872. The number of nitrogens with zero attached hydrogens (tertiary/aromatic N) is 4. The van der Waals surface area contributed by atoms with Crippen LogP contribution in [0.2, 0.25) is 5.15 Å². The lowest BCUT2D eigenvalue weighted by molar-refractivity contribution is 0.754. The Morgan fingerprint density at radius 1 is 1.24 bits per heavy atom. The fraction of sp³-hybridized carbons (Fsp3) is 0.417. The molecule has 0 aromatic carbocycles. The Kier molecular flexibility index (Phi) is 3.15. The van der Waals surface area contributed by atoms with Crippen LogP contribution in [0.1, 0.15) is 37.0 Å². The molecule has 0 unspecified atom stereocenters. The van der Waals surface area contributed by atoms with Crippen LogP contribution in [0.5, 0.6) is 0 Å². The summed E-state index contributed by atoms with van der Waals surface area (Å²) in [5, 5.41) is 0.506. The van der Waals surface area contributed by atoms with Gasteiger partial charge in [0, 0.05) is 23.9 Å². The van der Waals surface area contributed by atoms with Gasteiger partial charge in [0.2, 0.25) is 0 Å². The highest BCUT2D eigenvalue weighted by Gasteiger charge is 2.14. The van der Waals surface area contributed by atoms with Crippen LogP contribution in [-0.4, -0.2) is 19.5 Å². The largest absolute Gasteiger partial charge is 0.288 e. The predicted octanol–water partition coefficient (Wildman–Crippen LogP) is 3.06. The van der Waals surface area contributed by atoms with Crippen LogP contribution in [0.15, 0.2) is 12.4 Å². The third-order valence-corrected chi connectivity index (χ3v) is 3.02. The molecule has 0 saturated heterocycles. The van der Waals surface area contributed by atoms with Gasteiger partial charge in [-0.25, -0.2) is 15.0 Å². The molecule has 0 atom stereocenters. The van der Waals surface area contributed by atoms with Gasteiger partial charge in [-0.2, -0.15) is 0 Å². The highest BCUT2D eigenvalue weighted by atomic mass is 35.5. The molecule has 0 bridgehead atoms. The van der Waals surface area contributed by atoms with Crippen LogP contribution in [-0.2, 0) is 0 Å². The Morgan fingerprint density at radius 3 is 2.47 bits per heavy atom. The van der Waals surface area contributed by atoms with Crippen molar-refractivity contribution in [2.24, 2.45) is 0 Å². The van der Waals surface area contributed by atoms with Gasteiger partial charge in [-0.05, 0) is 13.8 Å². The van der Waals surface area contributed by atoms with Gasteiger partial charge in [0.1, 0.15) is 22.6 Å². The van der Waals surface area contributed by atoms with Crippen molar-refractivity contribution >= 4 is 11.6 Å². The molecule has 0 saturated carbocycles. The van der Waals surface area contributed by atoms with Crippen molar-refractivity contribution < 1.29 is 0 Å². The molecule has 0 aliphatic carbocycles. The smallest absolute Gasteiger partial charge is 0.146 e. The molecule has 4 nitrogen and oxygen atoms in total. The molecular formula is C12H15ClN4. The van der Waals surface area contributed by atoms with Crippen LogP contribution in [0.3, 0.4) is 0 Å². The fourth-order valence-corrected chi connectivity index (χ4v) is 1.76. The normalized spacial score (nSPS) is 11.2. The maximum absolute atomic E-state index is 6.15.